The van der Waals surface area contributed by atoms with Gasteiger partial charge in [0.2, 0.25) is 5.91 Å². The van der Waals surface area contributed by atoms with Gasteiger partial charge in [0.1, 0.15) is 24.2 Å². The lowest BCUT2D eigenvalue weighted by Gasteiger charge is -2.29. The summed E-state index contributed by atoms with van der Waals surface area (Å²) in [6, 6.07) is 24.1. The van der Waals surface area contributed by atoms with Crippen LogP contribution in [0.1, 0.15) is 66.1 Å². The summed E-state index contributed by atoms with van der Waals surface area (Å²) in [6.45, 7) is 3.01. The first-order valence-electron chi connectivity index (χ1n) is 14.2. The number of amides is 1. The third kappa shape index (κ3) is 8.93. The molecule has 4 rings (SSSR count). The lowest BCUT2D eigenvalue weighted by Crippen LogP contribution is -2.46. The maximum atomic E-state index is 12.9. The van der Waals surface area contributed by atoms with Gasteiger partial charge in [-0.05, 0) is 86.3 Å². The van der Waals surface area contributed by atoms with Gasteiger partial charge in [-0.1, -0.05) is 42.5 Å². The van der Waals surface area contributed by atoms with E-state index < -0.39 is 12.1 Å². The summed E-state index contributed by atoms with van der Waals surface area (Å²) in [6.07, 6.45) is 3.35. The average Bonchev–Trinajstić information content (AvgIpc) is 3.51. The molecule has 0 saturated carbocycles. The molecule has 1 aliphatic rings. The second-order valence-corrected chi connectivity index (χ2v) is 10.3. The Morgan fingerprint density at radius 1 is 0.875 bits per heavy atom. The number of benzene rings is 3. The zero-order valence-corrected chi connectivity index (χ0v) is 23.3. The van der Waals surface area contributed by atoms with Crippen molar-refractivity contribution in [3.63, 3.8) is 0 Å². The van der Waals surface area contributed by atoms with Crippen LogP contribution in [-0.2, 0) is 11.4 Å². The first-order chi connectivity index (χ1) is 19.5. The van der Waals surface area contributed by atoms with Crippen LogP contribution < -0.4 is 14.8 Å². The third-order valence-corrected chi connectivity index (χ3v) is 7.32. The number of carbonyl (C=O) groups excluding carboxylic acids is 2. The fraction of sp³-hybridized carbons (Fsp3) is 0.394. The molecule has 0 bridgehead atoms. The third-order valence-electron chi connectivity index (χ3n) is 7.32. The summed E-state index contributed by atoms with van der Waals surface area (Å²) in [7, 11) is 1.59. The largest absolute Gasteiger partial charge is 0.497 e. The standard InChI is InChI=1S/C33H40N2O5/c1-39-28-17-13-26(14-18-28)31(36)11-5-6-12-32(37)34-30(23-35-21-7-8-22-35)33(38)27-15-19-29(20-16-27)40-24-25-9-3-2-4-10-25/h2-4,9-10,13-20,30,33,38H,5-8,11-12,21-24H2,1H3,(H,34,37)/t30-,33-/m1/s1. The van der Waals surface area contributed by atoms with E-state index in [2.05, 4.69) is 10.2 Å². The molecule has 0 aromatic heterocycles. The van der Waals surface area contributed by atoms with Gasteiger partial charge in [0, 0.05) is 24.9 Å². The summed E-state index contributed by atoms with van der Waals surface area (Å²) in [5.41, 5.74) is 2.47. The highest BCUT2D eigenvalue weighted by atomic mass is 16.5. The highest BCUT2D eigenvalue weighted by Gasteiger charge is 2.26. The number of hydrogen-bond acceptors (Lipinski definition) is 6. The monoisotopic (exact) mass is 544 g/mol. The van der Waals surface area contributed by atoms with Crippen molar-refractivity contribution >= 4 is 11.7 Å². The Labute approximate surface area is 237 Å². The topological polar surface area (TPSA) is 88.1 Å². The van der Waals surface area contributed by atoms with Crippen LogP contribution in [0.15, 0.2) is 78.9 Å². The smallest absolute Gasteiger partial charge is 0.220 e. The van der Waals surface area contributed by atoms with Crippen LogP contribution in [0.2, 0.25) is 0 Å². The number of nitrogens with one attached hydrogen (secondary N) is 1. The SMILES string of the molecule is COc1ccc(C(=O)CCCCC(=O)N[C@H](CN2CCCC2)[C@H](O)c2ccc(OCc3ccccc3)cc2)cc1. The quantitative estimate of drug-likeness (QED) is 0.199. The van der Waals surface area contributed by atoms with Gasteiger partial charge in [-0.25, -0.2) is 0 Å². The number of methoxy groups -OCH3 is 1. The molecule has 7 nitrogen and oxygen atoms in total. The molecule has 7 heteroatoms. The fourth-order valence-corrected chi connectivity index (χ4v) is 4.97. The van der Waals surface area contributed by atoms with Crippen LogP contribution in [0, 0.1) is 0 Å². The molecule has 40 heavy (non-hydrogen) atoms. The molecule has 1 aliphatic heterocycles. The lowest BCUT2D eigenvalue weighted by molar-refractivity contribution is -0.123. The number of ketones is 1. The Hall–Kier alpha value is -3.68. The molecule has 1 saturated heterocycles. The van der Waals surface area contributed by atoms with E-state index >= 15 is 0 Å². The van der Waals surface area contributed by atoms with E-state index in [0.717, 1.165) is 42.8 Å². The van der Waals surface area contributed by atoms with E-state index in [1.54, 1.807) is 31.4 Å². The van der Waals surface area contributed by atoms with Gasteiger partial charge < -0.3 is 24.8 Å². The Kier molecular flexibility index (Phi) is 11.1. The summed E-state index contributed by atoms with van der Waals surface area (Å²) in [4.78, 5) is 27.6. The second-order valence-electron chi connectivity index (χ2n) is 10.3. The number of aliphatic hydroxyl groups excluding tert-OH is 1. The van der Waals surface area contributed by atoms with Gasteiger partial charge in [0.15, 0.2) is 5.78 Å². The molecule has 212 valence electrons. The minimum absolute atomic E-state index is 0.0570. The maximum Gasteiger partial charge on any atom is 0.220 e. The minimum Gasteiger partial charge on any atom is -0.497 e. The van der Waals surface area contributed by atoms with Crippen molar-refractivity contribution in [1.82, 2.24) is 10.2 Å². The summed E-state index contributed by atoms with van der Waals surface area (Å²) in [5, 5.41) is 14.3. The van der Waals surface area contributed by atoms with Gasteiger partial charge in [0.05, 0.1) is 13.2 Å². The van der Waals surface area contributed by atoms with E-state index in [-0.39, 0.29) is 11.7 Å². The molecule has 1 amide bonds. The molecule has 1 heterocycles. The molecule has 3 aromatic carbocycles. The van der Waals surface area contributed by atoms with Crippen molar-refractivity contribution in [1.29, 1.82) is 0 Å². The number of nitrogens with zero attached hydrogens (tertiary/aromatic N) is 1. The number of rotatable bonds is 15. The summed E-state index contributed by atoms with van der Waals surface area (Å²) in [5.74, 6) is 1.39. The first kappa shape index (κ1) is 29.3. The Morgan fingerprint density at radius 3 is 2.20 bits per heavy atom. The number of hydrogen-bond donors (Lipinski definition) is 2. The molecule has 2 atom stereocenters. The van der Waals surface area contributed by atoms with E-state index in [4.69, 9.17) is 9.47 Å². The zero-order valence-electron chi connectivity index (χ0n) is 23.3. The van der Waals surface area contributed by atoms with Crippen molar-refractivity contribution < 1.29 is 24.2 Å². The van der Waals surface area contributed by atoms with Gasteiger partial charge in [0.25, 0.3) is 0 Å². The van der Waals surface area contributed by atoms with Crippen molar-refractivity contribution in [2.24, 2.45) is 0 Å². The van der Waals surface area contributed by atoms with Crippen molar-refractivity contribution in [2.45, 2.75) is 57.3 Å². The molecule has 0 spiro atoms. The Balaban J connectivity index is 1.27. The molecular weight excluding hydrogens is 504 g/mol. The summed E-state index contributed by atoms with van der Waals surface area (Å²) >= 11 is 0. The van der Waals surface area contributed by atoms with Gasteiger partial charge in [-0.3, -0.25) is 9.59 Å². The average molecular weight is 545 g/mol. The lowest BCUT2D eigenvalue weighted by atomic mass is 10.0. The predicted molar refractivity (Wildman–Crippen MR) is 156 cm³/mol. The van der Waals surface area contributed by atoms with Crippen LogP contribution in [0.4, 0.5) is 0 Å². The van der Waals surface area contributed by atoms with Crippen LogP contribution in [0.5, 0.6) is 11.5 Å². The molecule has 0 radical (unpaired) electrons. The fourth-order valence-electron chi connectivity index (χ4n) is 4.97. The van der Waals surface area contributed by atoms with E-state index in [0.29, 0.717) is 50.1 Å². The van der Waals surface area contributed by atoms with Gasteiger partial charge in [-0.2, -0.15) is 0 Å². The maximum absolute atomic E-state index is 12.9. The normalized spacial score (nSPS) is 14.8. The predicted octanol–water partition coefficient (Wildman–Crippen LogP) is 5.33. The van der Waals surface area contributed by atoms with Crippen molar-refractivity contribution in [2.75, 3.05) is 26.7 Å². The molecule has 0 unspecified atom stereocenters. The Morgan fingerprint density at radius 2 is 1.52 bits per heavy atom. The number of aliphatic hydroxyl groups is 1. The number of unbranched alkanes of at least 4 members (excludes halogenated alkanes) is 1. The molecule has 3 aromatic rings. The second kappa shape index (κ2) is 15.2. The number of likely N-dealkylation sites (tertiary alicyclic amines) is 1. The molecule has 2 N–H and O–H groups in total. The molecule has 0 aliphatic carbocycles. The Bertz CT molecular complexity index is 1190. The van der Waals surface area contributed by atoms with E-state index in [9.17, 15) is 14.7 Å². The highest BCUT2D eigenvalue weighted by molar-refractivity contribution is 5.96. The zero-order chi connectivity index (χ0) is 28.2. The summed E-state index contributed by atoms with van der Waals surface area (Å²) < 4.78 is 11.0. The number of ether oxygens (including phenoxy) is 2. The molecule has 1 fully saturated rings. The number of Topliss-reactive ketones (excluding diaryl/α,β-unsaturated/α-hetero) is 1. The first-order valence-corrected chi connectivity index (χ1v) is 14.2. The van der Waals surface area contributed by atoms with Crippen LogP contribution in [0.3, 0.4) is 0 Å². The van der Waals surface area contributed by atoms with Crippen molar-refractivity contribution in [3.8, 4) is 11.5 Å². The van der Waals surface area contributed by atoms with E-state index in [1.165, 1.54) is 0 Å². The minimum atomic E-state index is -0.843. The van der Waals surface area contributed by atoms with Crippen molar-refractivity contribution in [3.05, 3.63) is 95.6 Å². The van der Waals surface area contributed by atoms with Gasteiger partial charge in [-0.15, -0.1) is 0 Å². The number of carbonyl (C=O) groups is 2. The van der Waals surface area contributed by atoms with Crippen LogP contribution in [-0.4, -0.2) is 54.5 Å². The van der Waals surface area contributed by atoms with Crippen LogP contribution >= 0.6 is 0 Å². The van der Waals surface area contributed by atoms with Gasteiger partial charge >= 0.3 is 0 Å². The van der Waals surface area contributed by atoms with Crippen LogP contribution in [0.25, 0.3) is 0 Å². The molecular formula is C33H40N2O5. The van der Waals surface area contributed by atoms with E-state index in [1.807, 2.05) is 54.6 Å². The highest BCUT2D eigenvalue weighted by Crippen LogP contribution is 2.23.